The van der Waals surface area contributed by atoms with Crippen molar-refractivity contribution in [3.05, 3.63) is 109 Å². The maximum atomic E-state index is 12.8. The Morgan fingerprint density at radius 1 is 0.492 bits per heavy atom. The Balaban J connectivity index is 4.55. The number of likely N-dealkylation sites (N-methyl/N-ethyl adjacent to an activating group) is 1. The molecule has 0 saturated carbocycles. The molecule has 0 aliphatic rings. The van der Waals surface area contributed by atoms with E-state index in [1.54, 1.807) is 0 Å². The fraction of sp³-hybridized carbons (Fsp3) is 0.611. The van der Waals surface area contributed by atoms with Crippen molar-refractivity contribution in [3.8, 4) is 0 Å². The van der Waals surface area contributed by atoms with Gasteiger partial charge in [0.15, 0.2) is 12.4 Å². The summed E-state index contributed by atoms with van der Waals surface area (Å²) in [6, 6.07) is 0. The molecule has 9 nitrogen and oxygen atoms in total. The van der Waals surface area contributed by atoms with Crippen molar-refractivity contribution in [1.82, 2.24) is 0 Å². The Morgan fingerprint density at radius 3 is 1.40 bits per heavy atom. The van der Waals surface area contributed by atoms with E-state index in [4.69, 9.17) is 18.9 Å². The van der Waals surface area contributed by atoms with Gasteiger partial charge in [0.2, 0.25) is 0 Å². The van der Waals surface area contributed by atoms with Gasteiger partial charge < -0.3 is 33.3 Å². The second kappa shape index (κ2) is 44.6. The van der Waals surface area contributed by atoms with Crippen LogP contribution in [-0.2, 0) is 33.3 Å². The van der Waals surface area contributed by atoms with Crippen LogP contribution in [0, 0.1) is 0 Å². The first-order valence-electron chi connectivity index (χ1n) is 24.0. The van der Waals surface area contributed by atoms with Gasteiger partial charge in [-0.15, -0.1) is 0 Å². The summed E-state index contributed by atoms with van der Waals surface area (Å²) >= 11 is 0. The number of carbonyl (C=O) groups excluding carboxylic acids is 3. The van der Waals surface area contributed by atoms with Crippen molar-refractivity contribution in [2.75, 3.05) is 47.5 Å². The number of quaternary nitrogens is 1. The molecule has 0 radical (unpaired) electrons. The second-order valence-electron chi connectivity index (χ2n) is 16.7. The number of carbonyl (C=O) groups is 3. The molecular weight excluding hydrogens is 791 g/mol. The molecule has 0 fully saturated rings. The van der Waals surface area contributed by atoms with Gasteiger partial charge in [0.05, 0.1) is 40.3 Å². The fourth-order valence-electron chi connectivity index (χ4n) is 5.79. The van der Waals surface area contributed by atoms with Gasteiger partial charge in [-0.1, -0.05) is 155 Å². The minimum Gasteiger partial charge on any atom is -0.545 e. The summed E-state index contributed by atoms with van der Waals surface area (Å²) < 4.78 is 22.5. The van der Waals surface area contributed by atoms with Crippen LogP contribution in [0.15, 0.2) is 109 Å². The Kier molecular flexibility index (Phi) is 41.7. The van der Waals surface area contributed by atoms with Crippen LogP contribution in [0.1, 0.15) is 155 Å². The highest BCUT2D eigenvalue weighted by atomic mass is 16.7. The number of carboxylic acid groups (broad SMARTS) is 1. The third-order valence-electron chi connectivity index (χ3n) is 9.50. The van der Waals surface area contributed by atoms with Crippen molar-refractivity contribution in [3.63, 3.8) is 0 Å². The lowest BCUT2D eigenvalue weighted by molar-refractivity contribution is -0.870. The molecule has 0 rings (SSSR count). The van der Waals surface area contributed by atoms with Gasteiger partial charge in [0.25, 0.3) is 0 Å². The number of nitrogens with zero attached hydrogens (tertiary/aromatic N) is 1. The van der Waals surface area contributed by atoms with E-state index in [2.05, 4.69) is 117 Å². The van der Waals surface area contributed by atoms with E-state index in [0.717, 1.165) is 83.5 Å². The van der Waals surface area contributed by atoms with Crippen LogP contribution in [0.25, 0.3) is 0 Å². The van der Waals surface area contributed by atoms with Crippen LogP contribution in [-0.4, -0.2) is 82.3 Å². The van der Waals surface area contributed by atoms with Gasteiger partial charge in [0.1, 0.15) is 13.2 Å². The van der Waals surface area contributed by atoms with Crippen LogP contribution in [0.5, 0.6) is 0 Å². The van der Waals surface area contributed by atoms with Gasteiger partial charge >= 0.3 is 11.9 Å². The predicted molar refractivity (Wildman–Crippen MR) is 260 cm³/mol. The van der Waals surface area contributed by atoms with Crippen LogP contribution in [0.3, 0.4) is 0 Å². The number of unbranched alkanes of at least 4 members (excludes halogenated alkanes) is 9. The number of esters is 2. The van der Waals surface area contributed by atoms with Crippen molar-refractivity contribution in [2.24, 2.45) is 0 Å². The number of rotatable bonds is 42. The SMILES string of the molecule is CC/C=C\C/C=C\C/C=C\C/C=C\C/C=C\C/C=C\C/C=C\CCCC(=O)OC(COC(=O)CCCCCCC/C=C\C/C=C\CCCCC)COC(OCC[N+](C)(C)C)C(=O)[O-]. The second-order valence-corrected chi connectivity index (χ2v) is 16.7. The van der Waals surface area contributed by atoms with Crippen molar-refractivity contribution in [2.45, 2.75) is 167 Å². The molecule has 0 aliphatic carbocycles. The molecule has 2 atom stereocenters. The molecule has 356 valence electrons. The highest BCUT2D eigenvalue weighted by molar-refractivity contribution is 5.70. The molecule has 0 bridgehead atoms. The van der Waals surface area contributed by atoms with E-state index in [0.29, 0.717) is 30.3 Å². The topological polar surface area (TPSA) is 111 Å². The van der Waals surface area contributed by atoms with E-state index in [1.165, 1.54) is 25.7 Å². The summed E-state index contributed by atoms with van der Waals surface area (Å²) in [7, 11) is 5.87. The molecule has 2 unspecified atom stereocenters. The van der Waals surface area contributed by atoms with E-state index in [-0.39, 0.29) is 32.7 Å². The lowest BCUT2D eigenvalue weighted by Crippen LogP contribution is -2.44. The van der Waals surface area contributed by atoms with E-state index < -0.39 is 30.3 Å². The highest BCUT2D eigenvalue weighted by Crippen LogP contribution is 2.11. The molecule has 0 aromatic heterocycles. The third kappa shape index (κ3) is 45.8. The molecule has 63 heavy (non-hydrogen) atoms. The Bertz CT molecular complexity index is 1390. The number of aliphatic carboxylic acids is 1. The number of ether oxygens (including phenoxy) is 4. The molecule has 9 heteroatoms. The zero-order chi connectivity index (χ0) is 46.3. The number of hydrogen-bond acceptors (Lipinski definition) is 8. The molecule has 0 aliphatic heterocycles. The number of hydrogen-bond donors (Lipinski definition) is 0. The van der Waals surface area contributed by atoms with Gasteiger partial charge in [-0.05, 0) is 96.3 Å². The molecule has 0 aromatic carbocycles. The van der Waals surface area contributed by atoms with Crippen LogP contribution < -0.4 is 5.11 Å². The standard InChI is InChI=1S/C54H87NO8/c1-6-8-10-12-14-16-18-20-22-23-24-25-26-27-28-29-31-33-35-37-39-41-43-45-52(57)63-50(49-62-54(53(58)59)60-47-46-55(3,4)5)48-61-51(56)44-42-40-38-36-34-32-30-21-19-17-15-13-11-9-7-2/h8,10,14-17,20-22,24-25,27-28,30-31,33,37,39,50,54H,6-7,9,11-13,18-19,23,26,29,32,34-36,38,40-49H2,1-5H3/b10-8-,16-14-,17-15-,22-20-,25-24-,28-27-,30-21-,33-31-,39-37-. The quantitative estimate of drug-likeness (QED) is 0.0196. The summed E-state index contributed by atoms with van der Waals surface area (Å²) in [5.74, 6) is -2.40. The van der Waals surface area contributed by atoms with Gasteiger partial charge in [-0.25, -0.2) is 0 Å². The first kappa shape index (κ1) is 58.9. The fourth-order valence-corrected chi connectivity index (χ4v) is 5.79. The lowest BCUT2D eigenvalue weighted by atomic mass is 10.1. The maximum absolute atomic E-state index is 12.8. The van der Waals surface area contributed by atoms with E-state index in [1.807, 2.05) is 27.2 Å². The maximum Gasteiger partial charge on any atom is 0.306 e. The molecule has 0 spiro atoms. The smallest absolute Gasteiger partial charge is 0.306 e. The van der Waals surface area contributed by atoms with Crippen LogP contribution in [0.2, 0.25) is 0 Å². The average Bonchev–Trinajstić information content (AvgIpc) is 3.24. The summed E-state index contributed by atoms with van der Waals surface area (Å²) in [6.07, 6.45) is 57.0. The number of carboxylic acids is 1. The van der Waals surface area contributed by atoms with Crippen molar-refractivity contribution in [1.29, 1.82) is 0 Å². The van der Waals surface area contributed by atoms with Crippen molar-refractivity contribution >= 4 is 17.9 Å². The minimum atomic E-state index is -1.65. The minimum absolute atomic E-state index is 0.128. The molecular formula is C54H87NO8. The van der Waals surface area contributed by atoms with Crippen molar-refractivity contribution < 1.29 is 42.9 Å². The van der Waals surface area contributed by atoms with Gasteiger partial charge in [-0.2, -0.15) is 0 Å². The van der Waals surface area contributed by atoms with Crippen LogP contribution >= 0.6 is 0 Å². The number of allylic oxidation sites excluding steroid dienone is 18. The normalized spacial score (nSPS) is 13.9. The Labute approximate surface area is 384 Å². The first-order chi connectivity index (χ1) is 30.6. The summed E-state index contributed by atoms with van der Waals surface area (Å²) in [6.45, 7) is 4.48. The molecule has 0 amide bonds. The third-order valence-corrected chi connectivity index (χ3v) is 9.50. The zero-order valence-electron chi connectivity index (χ0n) is 40.1. The Hall–Kier alpha value is -4.05. The highest BCUT2D eigenvalue weighted by Gasteiger charge is 2.21. The summed E-state index contributed by atoms with van der Waals surface area (Å²) in [5, 5.41) is 11.7. The summed E-state index contributed by atoms with van der Waals surface area (Å²) in [4.78, 5) is 37.0. The molecule has 0 saturated heterocycles. The molecule has 0 N–H and O–H groups in total. The molecule has 0 aromatic rings. The predicted octanol–water partition coefficient (Wildman–Crippen LogP) is 11.9. The average molecular weight is 878 g/mol. The van der Waals surface area contributed by atoms with Crippen LogP contribution in [0.4, 0.5) is 0 Å². The monoisotopic (exact) mass is 878 g/mol. The lowest BCUT2D eigenvalue weighted by Gasteiger charge is -2.26. The Morgan fingerprint density at radius 2 is 0.921 bits per heavy atom. The summed E-state index contributed by atoms with van der Waals surface area (Å²) in [5.41, 5.74) is 0. The van der Waals surface area contributed by atoms with Gasteiger partial charge in [-0.3, -0.25) is 9.59 Å². The zero-order valence-corrected chi connectivity index (χ0v) is 40.1. The van der Waals surface area contributed by atoms with E-state index in [9.17, 15) is 19.5 Å². The molecule has 0 heterocycles. The van der Waals surface area contributed by atoms with Gasteiger partial charge in [0, 0.05) is 12.8 Å². The first-order valence-corrected chi connectivity index (χ1v) is 24.0. The largest absolute Gasteiger partial charge is 0.545 e. The van der Waals surface area contributed by atoms with E-state index >= 15 is 0 Å².